The van der Waals surface area contributed by atoms with E-state index in [1.165, 1.54) is 11.3 Å². The van der Waals surface area contributed by atoms with E-state index in [9.17, 15) is 4.79 Å². The van der Waals surface area contributed by atoms with Gasteiger partial charge in [-0.15, -0.1) is 0 Å². The van der Waals surface area contributed by atoms with Gasteiger partial charge in [0.25, 0.3) is 5.91 Å². The molecule has 2 heterocycles. The smallest absolute Gasteiger partial charge is 0.260 e. The fourth-order valence-electron chi connectivity index (χ4n) is 3.38. The monoisotopic (exact) mass is 429 g/mol. The summed E-state index contributed by atoms with van der Waals surface area (Å²) in [6, 6.07) is 23.2. The van der Waals surface area contributed by atoms with Gasteiger partial charge >= 0.3 is 0 Å². The van der Waals surface area contributed by atoms with E-state index in [-0.39, 0.29) is 5.91 Å². The number of carbonyl (C=O) groups excluding carboxylic acids is 1. The fourth-order valence-corrected chi connectivity index (χ4v) is 4.62. The minimum atomic E-state index is -0.102. The van der Waals surface area contributed by atoms with Crippen LogP contribution in [-0.2, 0) is 6.54 Å². The van der Waals surface area contributed by atoms with Crippen LogP contribution in [0.25, 0.3) is 21.0 Å². The largest absolute Gasteiger partial charge is 0.279 e. The number of hydrogen-bond acceptors (Lipinski definition) is 4. The number of anilines is 1. The highest BCUT2D eigenvalue weighted by molar-refractivity contribution is 7.22. The summed E-state index contributed by atoms with van der Waals surface area (Å²) < 4.78 is 0.944. The number of benzene rings is 3. The van der Waals surface area contributed by atoms with Gasteiger partial charge in [-0.1, -0.05) is 59.3 Å². The first-order valence-corrected chi connectivity index (χ1v) is 10.6. The summed E-state index contributed by atoms with van der Waals surface area (Å²) in [5.74, 6) is -0.102. The molecule has 0 aliphatic carbocycles. The predicted octanol–water partition coefficient (Wildman–Crippen LogP) is 6.34. The van der Waals surface area contributed by atoms with Gasteiger partial charge in [-0.25, -0.2) is 4.98 Å². The number of rotatable bonds is 4. The van der Waals surface area contributed by atoms with Gasteiger partial charge in [-0.3, -0.25) is 14.7 Å². The number of nitrogens with zero attached hydrogens (tertiary/aromatic N) is 3. The molecule has 6 heteroatoms. The second-order valence-corrected chi connectivity index (χ2v) is 8.37. The molecule has 5 aromatic rings. The van der Waals surface area contributed by atoms with E-state index in [1.54, 1.807) is 17.3 Å². The second-order valence-electron chi connectivity index (χ2n) is 6.92. The van der Waals surface area contributed by atoms with Crippen LogP contribution in [0.4, 0.5) is 5.13 Å². The van der Waals surface area contributed by atoms with E-state index in [0.29, 0.717) is 22.3 Å². The zero-order valence-electron chi connectivity index (χ0n) is 15.8. The molecule has 2 aromatic heterocycles. The van der Waals surface area contributed by atoms with E-state index in [1.807, 2.05) is 72.8 Å². The standard InChI is InChI=1S/C24H16ClN3OS/c25-20-9-10-21-22(13-20)30-24(27-21)28(15-16-4-3-11-26-14-16)23(29)19-8-7-17-5-1-2-6-18(17)12-19/h1-14H,15H2. The van der Waals surface area contributed by atoms with E-state index in [0.717, 1.165) is 26.6 Å². The van der Waals surface area contributed by atoms with Crippen molar-refractivity contribution < 1.29 is 4.79 Å². The summed E-state index contributed by atoms with van der Waals surface area (Å²) in [6.07, 6.45) is 3.49. The summed E-state index contributed by atoms with van der Waals surface area (Å²) in [7, 11) is 0. The van der Waals surface area contributed by atoms with Crippen molar-refractivity contribution in [1.82, 2.24) is 9.97 Å². The van der Waals surface area contributed by atoms with Crippen LogP contribution in [0.3, 0.4) is 0 Å². The number of amides is 1. The van der Waals surface area contributed by atoms with E-state index in [2.05, 4.69) is 4.98 Å². The van der Waals surface area contributed by atoms with Gasteiger partial charge in [-0.05, 0) is 52.7 Å². The zero-order valence-corrected chi connectivity index (χ0v) is 17.4. The van der Waals surface area contributed by atoms with Crippen molar-refractivity contribution in [2.45, 2.75) is 6.54 Å². The SMILES string of the molecule is O=C(c1ccc2ccccc2c1)N(Cc1cccnc1)c1nc2ccc(Cl)cc2s1. The molecular formula is C24H16ClN3OS. The number of pyridine rings is 1. The molecule has 0 N–H and O–H groups in total. The van der Waals surface area contributed by atoms with Crippen LogP contribution in [0.5, 0.6) is 0 Å². The van der Waals surface area contributed by atoms with Crippen molar-refractivity contribution in [1.29, 1.82) is 0 Å². The van der Waals surface area contributed by atoms with Gasteiger partial charge in [-0.2, -0.15) is 0 Å². The Morgan fingerprint density at radius 2 is 1.83 bits per heavy atom. The van der Waals surface area contributed by atoms with Gasteiger partial charge in [0.15, 0.2) is 5.13 Å². The molecule has 0 atom stereocenters. The first kappa shape index (κ1) is 18.7. The molecule has 0 aliphatic heterocycles. The Labute approximate surface area is 182 Å². The maximum atomic E-state index is 13.6. The molecule has 30 heavy (non-hydrogen) atoms. The lowest BCUT2D eigenvalue weighted by atomic mass is 10.1. The molecule has 0 saturated heterocycles. The molecule has 3 aromatic carbocycles. The topological polar surface area (TPSA) is 46.1 Å². The maximum absolute atomic E-state index is 13.6. The van der Waals surface area contributed by atoms with Crippen LogP contribution in [-0.4, -0.2) is 15.9 Å². The predicted molar refractivity (Wildman–Crippen MR) is 123 cm³/mol. The van der Waals surface area contributed by atoms with Gasteiger partial charge in [0.05, 0.1) is 16.8 Å². The van der Waals surface area contributed by atoms with Crippen molar-refractivity contribution in [2.24, 2.45) is 0 Å². The molecule has 0 bridgehead atoms. The van der Waals surface area contributed by atoms with Crippen LogP contribution in [0.1, 0.15) is 15.9 Å². The molecule has 4 nitrogen and oxygen atoms in total. The third kappa shape index (κ3) is 3.65. The Hall–Kier alpha value is -3.28. The van der Waals surface area contributed by atoms with Gasteiger partial charge in [0.2, 0.25) is 0 Å². The lowest BCUT2D eigenvalue weighted by Gasteiger charge is -2.20. The average molecular weight is 430 g/mol. The van der Waals surface area contributed by atoms with Gasteiger partial charge in [0, 0.05) is 23.0 Å². The van der Waals surface area contributed by atoms with Crippen molar-refractivity contribution >= 4 is 55.0 Å². The highest BCUT2D eigenvalue weighted by atomic mass is 35.5. The van der Waals surface area contributed by atoms with Crippen LogP contribution >= 0.6 is 22.9 Å². The third-order valence-electron chi connectivity index (χ3n) is 4.88. The van der Waals surface area contributed by atoms with Crippen LogP contribution < -0.4 is 4.90 Å². The highest BCUT2D eigenvalue weighted by Gasteiger charge is 2.22. The number of halogens is 1. The highest BCUT2D eigenvalue weighted by Crippen LogP contribution is 2.32. The quantitative estimate of drug-likeness (QED) is 0.334. The number of aromatic nitrogens is 2. The van der Waals surface area contributed by atoms with E-state index >= 15 is 0 Å². The van der Waals surface area contributed by atoms with Gasteiger partial charge in [0.1, 0.15) is 0 Å². The van der Waals surface area contributed by atoms with Crippen LogP contribution in [0.15, 0.2) is 85.2 Å². The van der Waals surface area contributed by atoms with Crippen molar-refractivity contribution in [3.8, 4) is 0 Å². The summed E-state index contributed by atoms with van der Waals surface area (Å²) in [5.41, 5.74) is 2.38. The Morgan fingerprint density at radius 3 is 2.67 bits per heavy atom. The molecule has 0 spiro atoms. The summed E-state index contributed by atoms with van der Waals surface area (Å²) >= 11 is 7.60. The molecular weight excluding hydrogens is 414 g/mol. The summed E-state index contributed by atoms with van der Waals surface area (Å²) in [5, 5.41) is 3.41. The minimum Gasteiger partial charge on any atom is -0.279 e. The maximum Gasteiger partial charge on any atom is 0.260 e. The molecule has 0 aliphatic rings. The van der Waals surface area contributed by atoms with Crippen molar-refractivity contribution in [3.05, 3.63) is 101 Å². The molecule has 146 valence electrons. The Kier molecular flexibility index (Phi) is 4.91. The van der Waals surface area contributed by atoms with Crippen molar-refractivity contribution in [3.63, 3.8) is 0 Å². The normalized spacial score (nSPS) is 11.1. The first-order valence-electron chi connectivity index (χ1n) is 9.43. The Morgan fingerprint density at radius 1 is 0.967 bits per heavy atom. The molecule has 0 saturated carbocycles. The third-order valence-corrected chi connectivity index (χ3v) is 6.15. The lowest BCUT2D eigenvalue weighted by Crippen LogP contribution is -2.30. The molecule has 5 rings (SSSR count). The Balaban J connectivity index is 1.59. The van der Waals surface area contributed by atoms with Crippen molar-refractivity contribution in [2.75, 3.05) is 4.90 Å². The molecule has 0 unspecified atom stereocenters. The summed E-state index contributed by atoms with van der Waals surface area (Å²) in [4.78, 5) is 24.2. The zero-order chi connectivity index (χ0) is 20.5. The molecule has 0 radical (unpaired) electrons. The lowest BCUT2D eigenvalue weighted by molar-refractivity contribution is 0.0985. The second kappa shape index (κ2) is 7.86. The molecule has 0 fully saturated rings. The van der Waals surface area contributed by atoms with E-state index < -0.39 is 0 Å². The Bertz CT molecular complexity index is 1370. The van der Waals surface area contributed by atoms with E-state index in [4.69, 9.17) is 16.6 Å². The number of carbonyl (C=O) groups is 1. The van der Waals surface area contributed by atoms with Crippen LogP contribution in [0.2, 0.25) is 5.02 Å². The average Bonchev–Trinajstić information content (AvgIpc) is 3.20. The number of thiazole rings is 1. The summed E-state index contributed by atoms with van der Waals surface area (Å²) in [6.45, 7) is 0.382. The molecule has 1 amide bonds. The van der Waals surface area contributed by atoms with Gasteiger partial charge < -0.3 is 0 Å². The fraction of sp³-hybridized carbons (Fsp3) is 0.0417. The number of fused-ring (bicyclic) bond motifs is 2. The first-order chi connectivity index (χ1) is 14.7. The minimum absolute atomic E-state index is 0.102. The number of hydrogen-bond donors (Lipinski definition) is 0. The van der Waals surface area contributed by atoms with Crippen LogP contribution in [0, 0.1) is 0 Å².